The largest absolute Gasteiger partial charge is 0.404 e. The van der Waals surface area contributed by atoms with Crippen molar-refractivity contribution in [3.63, 3.8) is 0 Å². The first-order valence-corrected chi connectivity index (χ1v) is 7.32. The summed E-state index contributed by atoms with van der Waals surface area (Å²) in [6.45, 7) is 0.0292. The molecule has 2 heterocycles. The standard InChI is InChI=1S/C13H19F3N4O3/c1-19-6-8(2-3-9(19)13(14,15)16)17-11(22)7-20-5-4-10(21)18-12(20)23/h8-9H,2-7H2,1H3,(H,17,22)(H,18,21,23)/t8-,9+/m1/s1. The van der Waals surface area contributed by atoms with Gasteiger partial charge >= 0.3 is 12.2 Å². The molecule has 2 atom stereocenters. The summed E-state index contributed by atoms with van der Waals surface area (Å²) in [5.41, 5.74) is 0. The minimum Gasteiger partial charge on any atom is -0.351 e. The van der Waals surface area contributed by atoms with Crippen molar-refractivity contribution in [2.24, 2.45) is 0 Å². The molecule has 4 amide bonds. The predicted molar refractivity (Wildman–Crippen MR) is 73.4 cm³/mol. The first kappa shape index (κ1) is 17.5. The average molecular weight is 336 g/mol. The summed E-state index contributed by atoms with van der Waals surface area (Å²) in [7, 11) is 1.38. The Morgan fingerprint density at radius 2 is 2.04 bits per heavy atom. The van der Waals surface area contributed by atoms with Crippen molar-refractivity contribution in [2.45, 2.75) is 37.5 Å². The second-order valence-electron chi connectivity index (χ2n) is 5.86. The molecule has 0 radical (unpaired) electrons. The van der Waals surface area contributed by atoms with Crippen LogP contribution in [0, 0.1) is 0 Å². The minimum absolute atomic E-state index is 0.0797. The van der Waals surface area contributed by atoms with Crippen LogP contribution in [0.2, 0.25) is 0 Å². The number of alkyl halides is 3. The second kappa shape index (κ2) is 6.73. The Morgan fingerprint density at radius 3 is 2.61 bits per heavy atom. The van der Waals surface area contributed by atoms with Crippen LogP contribution < -0.4 is 10.6 Å². The van der Waals surface area contributed by atoms with Gasteiger partial charge in [-0.3, -0.25) is 19.8 Å². The third-order valence-corrected chi connectivity index (χ3v) is 4.05. The van der Waals surface area contributed by atoms with Gasteiger partial charge < -0.3 is 10.2 Å². The van der Waals surface area contributed by atoms with E-state index in [0.717, 1.165) is 0 Å². The van der Waals surface area contributed by atoms with Crippen LogP contribution in [0.15, 0.2) is 0 Å². The van der Waals surface area contributed by atoms with E-state index < -0.39 is 30.1 Å². The number of hydrogen-bond acceptors (Lipinski definition) is 4. The maximum Gasteiger partial charge on any atom is 0.404 e. The summed E-state index contributed by atoms with van der Waals surface area (Å²) in [6, 6.07) is -2.51. The molecule has 0 aromatic carbocycles. The van der Waals surface area contributed by atoms with E-state index in [0.29, 0.717) is 0 Å². The zero-order valence-corrected chi connectivity index (χ0v) is 12.7. The highest BCUT2D eigenvalue weighted by Crippen LogP contribution is 2.30. The van der Waals surface area contributed by atoms with Crippen LogP contribution in [0.1, 0.15) is 19.3 Å². The first-order chi connectivity index (χ1) is 10.7. The van der Waals surface area contributed by atoms with E-state index in [2.05, 4.69) is 10.6 Å². The van der Waals surface area contributed by atoms with Gasteiger partial charge in [0, 0.05) is 25.6 Å². The van der Waals surface area contributed by atoms with E-state index in [1.54, 1.807) is 0 Å². The Hall–Kier alpha value is -1.84. The van der Waals surface area contributed by atoms with Gasteiger partial charge in [-0.15, -0.1) is 0 Å². The molecule has 130 valence electrons. The van der Waals surface area contributed by atoms with Crippen molar-refractivity contribution < 1.29 is 27.6 Å². The van der Waals surface area contributed by atoms with Crippen molar-refractivity contribution >= 4 is 17.8 Å². The molecule has 0 saturated carbocycles. The van der Waals surface area contributed by atoms with Gasteiger partial charge in [-0.2, -0.15) is 13.2 Å². The van der Waals surface area contributed by atoms with Crippen molar-refractivity contribution in [1.82, 2.24) is 20.4 Å². The van der Waals surface area contributed by atoms with Crippen LogP contribution in [0.4, 0.5) is 18.0 Å². The summed E-state index contributed by atoms with van der Waals surface area (Å²) >= 11 is 0. The number of urea groups is 1. The first-order valence-electron chi connectivity index (χ1n) is 7.32. The molecule has 0 spiro atoms. The zero-order chi connectivity index (χ0) is 17.2. The van der Waals surface area contributed by atoms with Crippen molar-refractivity contribution in [1.29, 1.82) is 0 Å². The monoisotopic (exact) mass is 336 g/mol. The van der Waals surface area contributed by atoms with Crippen molar-refractivity contribution in [3.05, 3.63) is 0 Å². The molecule has 0 unspecified atom stereocenters. The highest BCUT2D eigenvalue weighted by Gasteiger charge is 2.44. The van der Waals surface area contributed by atoms with Gasteiger partial charge in [-0.05, 0) is 19.9 Å². The van der Waals surface area contributed by atoms with Crippen LogP contribution in [-0.4, -0.2) is 72.6 Å². The minimum atomic E-state index is -4.28. The molecule has 23 heavy (non-hydrogen) atoms. The molecule has 2 aliphatic rings. The molecule has 2 N–H and O–H groups in total. The maximum atomic E-state index is 12.8. The van der Waals surface area contributed by atoms with Crippen molar-refractivity contribution in [2.75, 3.05) is 26.7 Å². The number of hydrogen-bond donors (Lipinski definition) is 2. The number of halogens is 3. The highest BCUT2D eigenvalue weighted by atomic mass is 19.4. The molecular formula is C13H19F3N4O3. The third kappa shape index (κ3) is 4.57. The van der Waals surface area contributed by atoms with E-state index in [9.17, 15) is 27.6 Å². The van der Waals surface area contributed by atoms with E-state index >= 15 is 0 Å². The lowest BCUT2D eigenvalue weighted by molar-refractivity contribution is -0.188. The molecule has 2 saturated heterocycles. The summed E-state index contributed by atoms with van der Waals surface area (Å²) in [6.07, 6.45) is -4.00. The number of carbonyl (C=O) groups is 3. The summed E-state index contributed by atoms with van der Waals surface area (Å²) in [5, 5.41) is 4.75. The lowest BCUT2D eigenvalue weighted by atomic mass is 9.98. The van der Waals surface area contributed by atoms with Crippen LogP contribution in [0.25, 0.3) is 0 Å². The quantitative estimate of drug-likeness (QED) is 0.764. The van der Waals surface area contributed by atoms with Crippen LogP contribution in [0.3, 0.4) is 0 Å². The smallest absolute Gasteiger partial charge is 0.351 e. The number of likely N-dealkylation sites (N-methyl/N-ethyl adjacent to an activating group) is 1. The number of nitrogens with one attached hydrogen (secondary N) is 2. The average Bonchev–Trinajstić information content (AvgIpc) is 2.40. The number of amides is 4. The molecule has 7 nitrogen and oxygen atoms in total. The highest BCUT2D eigenvalue weighted by molar-refractivity contribution is 5.98. The fraction of sp³-hybridized carbons (Fsp3) is 0.769. The Balaban J connectivity index is 1.80. The van der Waals surface area contributed by atoms with E-state index in [4.69, 9.17) is 0 Å². The molecule has 0 aliphatic carbocycles. The number of nitrogens with zero attached hydrogens (tertiary/aromatic N) is 2. The molecule has 2 aliphatic heterocycles. The molecule has 2 rings (SSSR count). The molecule has 10 heteroatoms. The van der Waals surface area contributed by atoms with E-state index in [1.807, 2.05) is 0 Å². The predicted octanol–water partition coefficient (Wildman–Crippen LogP) is 0.0696. The van der Waals surface area contributed by atoms with E-state index in [1.165, 1.54) is 16.8 Å². The van der Waals surface area contributed by atoms with Gasteiger partial charge in [0.2, 0.25) is 11.8 Å². The van der Waals surface area contributed by atoms with Gasteiger partial charge in [0.15, 0.2) is 0 Å². The molecule has 2 fully saturated rings. The van der Waals surface area contributed by atoms with Crippen molar-refractivity contribution in [3.8, 4) is 0 Å². The number of imide groups is 1. The van der Waals surface area contributed by atoms with Gasteiger partial charge in [0.05, 0.1) is 0 Å². The SMILES string of the molecule is CN1C[C@H](NC(=O)CN2CCC(=O)NC2=O)CC[C@H]1C(F)(F)F. The number of piperidine rings is 1. The molecular weight excluding hydrogens is 317 g/mol. The number of carbonyl (C=O) groups excluding carboxylic acids is 3. The Morgan fingerprint density at radius 1 is 1.35 bits per heavy atom. The van der Waals surface area contributed by atoms with Crippen LogP contribution in [0.5, 0.6) is 0 Å². The fourth-order valence-corrected chi connectivity index (χ4v) is 2.87. The van der Waals surface area contributed by atoms with Gasteiger partial charge in [0.1, 0.15) is 12.6 Å². The second-order valence-corrected chi connectivity index (χ2v) is 5.86. The van der Waals surface area contributed by atoms with Gasteiger partial charge in [-0.1, -0.05) is 0 Å². The Kier molecular flexibility index (Phi) is 5.12. The number of likely N-dealkylation sites (tertiary alicyclic amines) is 1. The van der Waals surface area contributed by atoms with Crippen LogP contribution >= 0.6 is 0 Å². The maximum absolute atomic E-state index is 12.8. The summed E-state index contributed by atoms with van der Waals surface area (Å²) in [5.74, 6) is -0.836. The number of rotatable bonds is 3. The lowest BCUT2D eigenvalue weighted by Crippen LogP contribution is -2.57. The van der Waals surface area contributed by atoms with Crippen LogP contribution in [-0.2, 0) is 9.59 Å². The Bertz CT molecular complexity index is 497. The molecule has 0 aromatic heterocycles. The fourth-order valence-electron chi connectivity index (χ4n) is 2.87. The zero-order valence-electron chi connectivity index (χ0n) is 12.7. The molecule has 0 bridgehead atoms. The summed E-state index contributed by atoms with van der Waals surface area (Å²) in [4.78, 5) is 36.8. The molecule has 0 aromatic rings. The summed E-state index contributed by atoms with van der Waals surface area (Å²) < 4.78 is 38.3. The third-order valence-electron chi connectivity index (χ3n) is 4.05. The van der Waals surface area contributed by atoms with Gasteiger partial charge in [0.25, 0.3) is 0 Å². The van der Waals surface area contributed by atoms with E-state index in [-0.39, 0.29) is 44.9 Å². The van der Waals surface area contributed by atoms with Gasteiger partial charge in [-0.25, -0.2) is 4.79 Å². The topological polar surface area (TPSA) is 81.8 Å². The Labute approximate surface area is 131 Å². The normalized spacial score (nSPS) is 26.9. The lowest BCUT2D eigenvalue weighted by Gasteiger charge is -2.38.